The minimum atomic E-state index is 0.0904. The van der Waals surface area contributed by atoms with Crippen LogP contribution in [0, 0.1) is 0 Å². The fourth-order valence-corrected chi connectivity index (χ4v) is 3.35. The Labute approximate surface area is 128 Å². The Morgan fingerprint density at radius 3 is 2.55 bits per heavy atom. The highest BCUT2D eigenvalue weighted by molar-refractivity contribution is 9.10. The lowest BCUT2D eigenvalue weighted by atomic mass is 10.1. The molecule has 3 aliphatic rings. The smallest absolute Gasteiger partial charge is 0.238 e. The summed E-state index contributed by atoms with van der Waals surface area (Å²) < 4.78 is 1.02. The molecule has 0 spiro atoms. The molecule has 3 heterocycles. The number of carbonyl (C=O) groups excluding carboxylic acids is 1. The molecule has 0 atom stereocenters. The van der Waals surface area contributed by atoms with Crippen molar-refractivity contribution < 1.29 is 4.79 Å². The monoisotopic (exact) mass is 337 g/mol. The average Bonchev–Trinajstić information content (AvgIpc) is 2.75. The summed E-state index contributed by atoms with van der Waals surface area (Å²) in [5, 5.41) is 2.98. The molecule has 1 N–H and O–H groups in total. The number of amides is 1. The largest absolute Gasteiger partial charge is 0.325 e. The third kappa shape index (κ3) is 3.40. The number of anilines is 1. The molecule has 3 fully saturated rings. The molecule has 0 radical (unpaired) electrons. The Bertz CT molecular complexity index is 469. The number of fused-ring (bicyclic) bond motifs is 4. The van der Waals surface area contributed by atoms with Crippen molar-refractivity contribution in [1.29, 1.82) is 0 Å². The first-order valence-electron chi connectivity index (χ1n) is 7.22. The molecule has 0 saturated carbocycles. The molecule has 4 rings (SSSR count). The van der Waals surface area contributed by atoms with Crippen LogP contribution in [0.15, 0.2) is 28.7 Å². The lowest BCUT2D eigenvalue weighted by Crippen LogP contribution is -2.42. The van der Waals surface area contributed by atoms with Gasteiger partial charge in [0, 0.05) is 29.3 Å². The van der Waals surface area contributed by atoms with Gasteiger partial charge in [-0.3, -0.25) is 9.69 Å². The summed E-state index contributed by atoms with van der Waals surface area (Å²) >= 11 is 3.40. The van der Waals surface area contributed by atoms with Crippen LogP contribution in [-0.4, -0.2) is 54.5 Å². The molecule has 1 aromatic rings. The van der Waals surface area contributed by atoms with Gasteiger partial charge in [0.15, 0.2) is 0 Å². The number of carbonyl (C=O) groups is 1. The predicted octanol–water partition coefficient (Wildman–Crippen LogP) is 2.17. The number of rotatable bonds is 3. The molecule has 20 heavy (non-hydrogen) atoms. The Kier molecular flexibility index (Phi) is 4.38. The topological polar surface area (TPSA) is 35.6 Å². The van der Waals surface area contributed by atoms with Crippen molar-refractivity contribution in [3.8, 4) is 0 Å². The number of nitrogens with one attached hydrogen (secondary N) is 1. The van der Waals surface area contributed by atoms with Crippen LogP contribution in [0.2, 0.25) is 0 Å². The molecule has 0 aliphatic carbocycles. The highest BCUT2D eigenvalue weighted by atomic mass is 79.9. The Balaban J connectivity index is 1.57. The van der Waals surface area contributed by atoms with Crippen LogP contribution < -0.4 is 5.32 Å². The molecule has 1 amide bonds. The van der Waals surface area contributed by atoms with Crippen molar-refractivity contribution in [3.63, 3.8) is 0 Å². The minimum Gasteiger partial charge on any atom is -0.325 e. The minimum absolute atomic E-state index is 0.0904. The maximum Gasteiger partial charge on any atom is 0.238 e. The number of hydrogen-bond donors (Lipinski definition) is 1. The van der Waals surface area contributed by atoms with Gasteiger partial charge < -0.3 is 10.2 Å². The quantitative estimate of drug-likeness (QED) is 0.918. The van der Waals surface area contributed by atoms with Crippen molar-refractivity contribution >= 4 is 27.5 Å². The number of piperidine rings is 1. The van der Waals surface area contributed by atoms with E-state index in [4.69, 9.17) is 0 Å². The summed E-state index contributed by atoms with van der Waals surface area (Å²) in [5.74, 6) is 0.0904. The van der Waals surface area contributed by atoms with Gasteiger partial charge in [0.2, 0.25) is 5.91 Å². The van der Waals surface area contributed by atoms with Gasteiger partial charge >= 0.3 is 0 Å². The first kappa shape index (κ1) is 14.0. The number of benzene rings is 1. The van der Waals surface area contributed by atoms with Gasteiger partial charge in [-0.15, -0.1) is 0 Å². The third-order valence-electron chi connectivity index (χ3n) is 4.25. The van der Waals surface area contributed by atoms with Crippen molar-refractivity contribution in [2.24, 2.45) is 0 Å². The van der Waals surface area contributed by atoms with Gasteiger partial charge in [-0.1, -0.05) is 15.9 Å². The van der Waals surface area contributed by atoms with Crippen LogP contribution in [0.5, 0.6) is 0 Å². The van der Waals surface area contributed by atoms with Gasteiger partial charge in [0.25, 0.3) is 0 Å². The number of halogens is 1. The fourth-order valence-electron chi connectivity index (χ4n) is 3.09. The summed E-state index contributed by atoms with van der Waals surface area (Å²) in [5.41, 5.74) is 0.862. The highest BCUT2D eigenvalue weighted by Gasteiger charge is 2.29. The maximum atomic E-state index is 12.2. The van der Waals surface area contributed by atoms with Crippen LogP contribution in [-0.2, 0) is 4.79 Å². The fraction of sp³-hybridized carbons (Fsp3) is 0.533. The molecule has 108 valence electrons. The summed E-state index contributed by atoms with van der Waals surface area (Å²) in [4.78, 5) is 17.0. The first-order valence-corrected chi connectivity index (χ1v) is 8.02. The normalized spacial score (nSPS) is 26.2. The van der Waals surface area contributed by atoms with Gasteiger partial charge in [-0.05, 0) is 50.2 Å². The van der Waals surface area contributed by atoms with Crippen LogP contribution in [0.3, 0.4) is 0 Å². The lowest BCUT2D eigenvalue weighted by Gasteiger charge is -2.30. The van der Waals surface area contributed by atoms with Crippen molar-refractivity contribution in [3.05, 3.63) is 28.7 Å². The second kappa shape index (κ2) is 6.24. The molecule has 3 saturated heterocycles. The zero-order chi connectivity index (χ0) is 13.9. The van der Waals surface area contributed by atoms with Crippen LogP contribution in [0.25, 0.3) is 0 Å². The molecule has 1 aromatic carbocycles. The van der Waals surface area contributed by atoms with E-state index in [9.17, 15) is 4.79 Å². The lowest BCUT2D eigenvalue weighted by molar-refractivity contribution is -0.117. The standard InChI is InChI=1S/C15H20BrN3O/c16-12-1-3-13(4-2-12)17-15(20)11-19-10-9-18-7-5-14(19)6-8-18/h1-4,14H,5-11H2,(H,17,20). The van der Waals surface area contributed by atoms with E-state index in [-0.39, 0.29) is 5.91 Å². The molecular weight excluding hydrogens is 318 g/mol. The Morgan fingerprint density at radius 1 is 1.15 bits per heavy atom. The van der Waals surface area contributed by atoms with E-state index in [0.29, 0.717) is 12.6 Å². The molecule has 0 aromatic heterocycles. The van der Waals surface area contributed by atoms with E-state index >= 15 is 0 Å². The summed E-state index contributed by atoms with van der Waals surface area (Å²) in [6.45, 7) is 5.00. The average molecular weight is 338 g/mol. The molecule has 5 heteroatoms. The zero-order valence-corrected chi connectivity index (χ0v) is 13.1. The predicted molar refractivity (Wildman–Crippen MR) is 83.8 cm³/mol. The SMILES string of the molecule is O=C(CN1CCN2CCC1CC2)Nc1ccc(Br)cc1. The van der Waals surface area contributed by atoms with E-state index in [1.165, 1.54) is 25.9 Å². The van der Waals surface area contributed by atoms with Gasteiger partial charge in [-0.2, -0.15) is 0 Å². The Hall–Kier alpha value is -0.910. The van der Waals surface area contributed by atoms with Crippen LogP contribution in [0.1, 0.15) is 12.8 Å². The van der Waals surface area contributed by atoms with E-state index in [0.717, 1.165) is 23.2 Å². The molecular formula is C15H20BrN3O. The summed E-state index contributed by atoms with van der Waals surface area (Å²) in [6, 6.07) is 8.31. The van der Waals surface area contributed by atoms with Crippen molar-refractivity contribution in [2.45, 2.75) is 18.9 Å². The summed E-state index contributed by atoms with van der Waals surface area (Å²) in [6.07, 6.45) is 2.40. The molecule has 2 bridgehead atoms. The van der Waals surface area contributed by atoms with Gasteiger partial charge in [0.1, 0.15) is 0 Å². The first-order chi connectivity index (χ1) is 9.70. The van der Waals surface area contributed by atoms with E-state index in [1.807, 2.05) is 24.3 Å². The van der Waals surface area contributed by atoms with Gasteiger partial charge in [-0.25, -0.2) is 0 Å². The van der Waals surface area contributed by atoms with E-state index < -0.39 is 0 Å². The summed E-state index contributed by atoms with van der Waals surface area (Å²) in [7, 11) is 0. The zero-order valence-electron chi connectivity index (χ0n) is 11.5. The second-order valence-electron chi connectivity index (χ2n) is 5.60. The molecule has 3 aliphatic heterocycles. The van der Waals surface area contributed by atoms with E-state index in [2.05, 4.69) is 31.0 Å². The van der Waals surface area contributed by atoms with Gasteiger partial charge in [0.05, 0.1) is 6.54 Å². The van der Waals surface area contributed by atoms with Crippen LogP contribution in [0.4, 0.5) is 5.69 Å². The third-order valence-corrected chi connectivity index (χ3v) is 4.78. The highest BCUT2D eigenvalue weighted by Crippen LogP contribution is 2.20. The second-order valence-corrected chi connectivity index (χ2v) is 6.51. The molecule has 0 unspecified atom stereocenters. The Morgan fingerprint density at radius 2 is 1.85 bits per heavy atom. The van der Waals surface area contributed by atoms with Crippen molar-refractivity contribution in [2.75, 3.05) is 38.0 Å². The number of nitrogens with zero attached hydrogens (tertiary/aromatic N) is 2. The molecule has 4 nitrogen and oxygen atoms in total. The van der Waals surface area contributed by atoms with Crippen molar-refractivity contribution in [1.82, 2.24) is 9.80 Å². The number of hydrogen-bond acceptors (Lipinski definition) is 3. The maximum absolute atomic E-state index is 12.2. The van der Waals surface area contributed by atoms with E-state index in [1.54, 1.807) is 0 Å². The van der Waals surface area contributed by atoms with Crippen LogP contribution >= 0.6 is 15.9 Å².